The zero-order valence-electron chi connectivity index (χ0n) is 9.19. The van der Waals surface area contributed by atoms with Crippen molar-refractivity contribution in [2.24, 2.45) is 0 Å². The molecule has 0 spiro atoms. The molecule has 2 aromatic heterocycles. The first-order chi connectivity index (χ1) is 8.25. The zero-order chi connectivity index (χ0) is 11.8. The molecule has 0 atom stereocenters. The van der Waals surface area contributed by atoms with E-state index >= 15 is 0 Å². The van der Waals surface area contributed by atoms with E-state index < -0.39 is 0 Å². The maximum Gasteiger partial charge on any atom is 0.259 e. The minimum atomic E-state index is -0.171. The predicted octanol–water partition coefficient (Wildman–Crippen LogP) is 2.09. The molecular weight excluding hydrogens is 216 g/mol. The summed E-state index contributed by atoms with van der Waals surface area (Å²) in [4.78, 5) is 20.4. The summed E-state index contributed by atoms with van der Waals surface area (Å²) < 4.78 is 0. The fourth-order valence-corrected chi connectivity index (χ4v) is 1.79. The van der Waals surface area contributed by atoms with Gasteiger partial charge in [-0.2, -0.15) is 0 Å². The molecule has 3 rings (SSSR count). The maximum absolute atomic E-state index is 12.0. The zero-order valence-corrected chi connectivity index (χ0v) is 9.19. The quantitative estimate of drug-likeness (QED) is 0.721. The highest BCUT2D eigenvalue weighted by atomic mass is 16.1. The molecule has 5 heteroatoms. The fraction of sp³-hybridized carbons (Fsp3) is 0.0833. The number of aromatic nitrogens is 2. The molecule has 17 heavy (non-hydrogen) atoms. The average Bonchev–Trinajstić information content (AvgIpc) is 2.47. The van der Waals surface area contributed by atoms with Crippen molar-refractivity contribution in [3.05, 3.63) is 41.7 Å². The molecule has 1 amide bonds. The predicted molar refractivity (Wildman–Crippen MR) is 64.4 cm³/mol. The van der Waals surface area contributed by atoms with Crippen LogP contribution in [0.15, 0.2) is 30.6 Å². The highest BCUT2D eigenvalue weighted by Crippen LogP contribution is 2.30. The van der Waals surface area contributed by atoms with Crippen molar-refractivity contribution in [2.75, 3.05) is 10.6 Å². The summed E-state index contributed by atoms with van der Waals surface area (Å²) >= 11 is 0. The van der Waals surface area contributed by atoms with Crippen LogP contribution in [-0.4, -0.2) is 15.9 Å². The third-order valence-electron chi connectivity index (χ3n) is 2.69. The summed E-state index contributed by atoms with van der Waals surface area (Å²) in [5.74, 6) is 0.980. The Hall–Kier alpha value is -2.43. The molecule has 3 heterocycles. The molecule has 0 saturated heterocycles. The fourth-order valence-electron chi connectivity index (χ4n) is 1.79. The lowest BCUT2D eigenvalue weighted by Crippen LogP contribution is -2.11. The van der Waals surface area contributed by atoms with E-state index in [-0.39, 0.29) is 5.91 Å². The molecule has 5 nitrogen and oxygen atoms in total. The number of hydrogen-bond acceptors (Lipinski definition) is 4. The van der Waals surface area contributed by atoms with Gasteiger partial charge in [0.15, 0.2) is 5.82 Å². The number of pyridine rings is 2. The lowest BCUT2D eigenvalue weighted by atomic mass is 10.2. The normalized spacial score (nSPS) is 12.9. The second-order valence-corrected chi connectivity index (χ2v) is 3.83. The lowest BCUT2D eigenvalue weighted by molar-refractivity contribution is 0.102. The minimum absolute atomic E-state index is 0.171. The molecule has 1 aliphatic rings. The van der Waals surface area contributed by atoms with E-state index in [2.05, 4.69) is 20.6 Å². The van der Waals surface area contributed by atoms with Crippen LogP contribution in [0.2, 0.25) is 0 Å². The second-order valence-electron chi connectivity index (χ2n) is 3.83. The standard InChI is InChI=1S/C12H10N4O/c1-7-4-6-14-11-9(7)15-12(17)8-3-2-5-13-10(8)16-11/h2-6H,1H3,(H,15,17)(H,13,14,16). The molecule has 2 aromatic rings. The molecule has 84 valence electrons. The van der Waals surface area contributed by atoms with Crippen LogP contribution in [0.4, 0.5) is 17.3 Å². The van der Waals surface area contributed by atoms with Gasteiger partial charge in [0.05, 0.1) is 11.3 Å². The third kappa shape index (κ3) is 1.52. The Morgan fingerprint density at radius 2 is 1.88 bits per heavy atom. The molecule has 2 N–H and O–H groups in total. The van der Waals surface area contributed by atoms with Gasteiger partial charge in [-0.25, -0.2) is 9.97 Å². The topological polar surface area (TPSA) is 66.9 Å². The van der Waals surface area contributed by atoms with Crippen molar-refractivity contribution in [1.82, 2.24) is 9.97 Å². The van der Waals surface area contributed by atoms with Crippen molar-refractivity contribution in [3.8, 4) is 0 Å². The highest BCUT2D eigenvalue weighted by Gasteiger charge is 2.21. The number of rotatable bonds is 0. The van der Waals surface area contributed by atoms with Crippen LogP contribution in [0.5, 0.6) is 0 Å². The van der Waals surface area contributed by atoms with E-state index in [1.165, 1.54) is 0 Å². The summed E-state index contributed by atoms with van der Waals surface area (Å²) in [7, 11) is 0. The van der Waals surface area contributed by atoms with Gasteiger partial charge in [-0.3, -0.25) is 4.79 Å². The molecule has 0 aromatic carbocycles. The molecule has 0 bridgehead atoms. The summed E-state index contributed by atoms with van der Waals surface area (Å²) in [5, 5.41) is 5.91. The number of amides is 1. The molecule has 0 radical (unpaired) electrons. The average molecular weight is 226 g/mol. The van der Waals surface area contributed by atoms with Crippen molar-refractivity contribution < 1.29 is 4.79 Å². The Balaban J connectivity index is 2.20. The van der Waals surface area contributed by atoms with Crippen LogP contribution in [0.3, 0.4) is 0 Å². The second kappa shape index (κ2) is 3.55. The van der Waals surface area contributed by atoms with Gasteiger partial charge in [0, 0.05) is 12.4 Å². The Bertz CT molecular complexity index is 609. The van der Waals surface area contributed by atoms with Crippen LogP contribution in [0.25, 0.3) is 0 Å². The molecular formula is C12H10N4O. The number of hydrogen-bond donors (Lipinski definition) is 2. The van der Waals surface area contributed by atoms with E-state index in [1.54, 1.807) is 24.5 Å². The molecule has 0 saturated carbocycles. The van der Waals surface area contributed by atoms with Gasteiger partial charge in [0.2, 0.25) is 0 Å². The number of anilines is 3. The first kappa shape index (κ1) is 9.77. The monoisotopic (exact) mass is 226 g/mol. The van der Waals surface area contributed by atoms with Gasteiger partial charge in [0.25, 0.3) is 5.91 Å². The van der Waals surface area contributed by atoms with E-state index in [1.807, 2.05) is 13.0 Å². The van der Waals surface area contributed by atoms with Crippen molar-refractivity contribution >= 4 is 23.2 Å². The largest absolute Gasteiger partial charge is 0.323 e. The SMILES string of the molecule is Cc1ccnc2c1NC(=O)c1cccnc1N2. The molecule has 1 aliphatic heterocycles. The van der Waals surface area contributed by atoms with Gasteiger partial charge in [-0.15, -0.1) is 0 Å². The lowest BCUT2D eigenvalue weighted by Gasteiger charge is -2.08. The van der Waals surface area contributed by atoms with Gasteiger partial charge >= 0.3 is 0 Å². The number of nitrogens with zero attached hydrogens (tertiary/aromatic N) is 2. The van der Waals surface area contributed by atoms with Crippen LogP contribution in [0, 0.1) is 6.92 Å². The van der Waals surface area contributed by atoms with Crippen LogP contribution >= 0.6 is 0 Å². The van der Waals surface area contributed by atoms with E-state index in [0.717, 1.165) is 5.56 Å². The highest BCUT2D eigenvalue weighted by molar-refractivity contribution is 6.11. The maximum atomic E-state index is 12.0. The molecule has 0 unspecified atom stereocenters. The summed E-state index contributed by atoms with van der Waals surface area (Å²) in [6.45, 7) is 1.92. The smallest absolute Gasteiger partial charge is 0.259 e. The van der Waals surface area contributed by atoms with Crippen molar-refractivity contribution in [1.29, 1.82) is 0 Å². The van der Waals surface area contributed by atoms with E-state index in [0.29, 0.717) is 22.9 Å². The Kier molecular flexibility index (Phi) is 2.04. The number of nitrogens with one attached hydrogen (secondary N) is 2. The van der Waals surface area contributed by atoms with Gasteiger partial charge in [0.1, 0.15) is 5.82 Å². The minimum Gasteiger partial charge on any atom is -0.323 e. The third-order valence-corrected chi connectivity index (χ3v) is 2.69. The molecule has 0 fully saturated rings. The van der Waals surface area contributed by atoms with Crippen LogP contribution in [-0.2, 0) is 0 Å². The Morgan fingerprint density at radius 1 is 1.06 bits per heavy atom. The van der Waals surface area contributed by atoms with Crippen LogP contribution in [0.1, 0.15) is 15.9 Å². The van der Waals surface area contributed by atoms with Crippen molar-refractivity contribution in [3.63, 3.8) is 0 Å². The number of carbonyl (C=O) groups excluding carboxylic acids is 1. The van der Waals surface area contributed by atoms with Gasteiger partial charge < -0.3 is 10.6 Å². The van der Waals surface area contributed by atoms with Crippen molar-refractivity contribution in [2.45, 2.75) is 6.92 Å². The van der Waals surface area contributed by atoms with Crippen LogP contribution < -0.4 is 10.6 Å². The summed E-state index contributed by atoms with van der Waals surface area (Å²) in [5.41, 5.74) is 2.18. The molecule has 0 aliphatic carbocycles. The Morgan fingerprint density at radius 3 is 2.76 bits per heavy atom. The van der Waals surface area contributed by atoms with Gasteiger partial charge in [-0.05, 0) is 30.7 Å². The van der Waals surface area contributed by atoms with Gasteiger partial charge in [-0.1, -0.05) is 0 Å². The summed E-state index contributed by atoms with van der Waals surface area (Å²) in [6.07, 6.45) is 3.33. The number of aryl methyl sites for hydroxylation is 1. The van der Waals surface area contributed by atoms with E-state index in [4.69, 9.17) is 0 Å². The first-order valence-corrected chi connectivity index (χ1v) is 5.25. The number of carbonyl (C=O) groups is 1. The first-order valence-electron chi connectivity index (χ1n) is 5.25. The van der Waals surface area contributed by atoms with E-state index in [9.17, 15) is 4.79 Å². The summed E-state index contributed by atoms with van der Waals surface area (Å²) in [6, 6.07) is 5.31. The Labute approximate surface area is 97.9 Å². The number of fused-ring (bicyclic) bond motifs is 2.